The number of anilines is 1. The molecule has 6 nitrogen and oxygen atoms in total. The molecule has 1 N–H and O–H groups in total. The molecule has 1 aliphatic rings. The first-order valence-electron chi connectivity index (χ1n) is 9.30. The Hall–Kier alpha value is -2.93. The Morgan fingerprint density at radius 2 is 2.21 bits per heavy atom. The van der Waals surface area contributed by atoms with Crippen molar-refractivity contribution < 1.29 is 9.53 Å². The van der Waals surface area contributed by atoms with Crippen LogP contribution in [0.2, 0.25) is 0 Å². The van der Waals surface area contributed by atoms with Crippen LogP contribution in [0.15, 0.2) is 54.2 Å². The summed E-state index contributed by atoms with van der Waals surface area (Å²) in [5, 5.41) is 5.50. The third-order valence-corrected chi connectivity index (χ3v) is 5.72. The molecule has 144 valence electrons. The van der Waals surface area contributed by atoms with Gasteiger partial charge in [-0.25, -0.2) is 9.78 Å². The summed E-state index contributed by atoms with van der Waals surface area (Å²) in [6, 6.07) is 11.9. The average molecular weight is 395 g/mol. The first-order valence-corrected chi connectivity index (χ1v) is 10.2. The predicted molar refractivity (Wildman–Crippen MR) is 111 cm³/mol. The highest BCUT2D eigenvalue weighted by Gasteiger charge is 2.30. The third kappa shape index (κ3) is 3.99. The summed E-state index contributed by atoms with van der Waals surface area (Å²) in [5.74, 6) is 0.871. The highest BCUT2D eigenvalue weighted by molar-refractivity contribution is 7.14. The standard InChI is InChI=1S/C21H22N4O2S/c1-27-19-9-3-2-6-15(19)12-17-8-5-11-25(17)21(26)24-20-23-18(14-28-20)16-7-4-10-22-13-16/h2-4,6-7,9-10,13-14,17H,5,8,11-12H2,1H3,(H,23,24,26). The lowest BCUT2D eigenvalue weighted by molar-refractivity contribution is 0.206. The number of nitrogens with one attached hydrogen (secondary N) is 1. The molecule has 0 bridgehead atoms. The lowest BCUT2D eigenvalue weighted by Gasteiger charge is -2.25. The molecule has 0 aliphatic carbocycles. The Morgan fingerprint density at radius 1 is 1.32 bits per heavy atom. The van der Waals surface area contributed by atoms with Gasteiger partial charge in [0.2, 0.25) is 0 Å². The van der Waals surface area contributed by atoms with E-state index in [1.807, 2.05) is 40.6 Å². The minimum atomic E-state index is -0.0931. The number of hydrogen-bond acceptors (Lipinski definition) is 5. The number of nitrogens with zero attached hydrogens (tertiary/aromatic N) is 3. The highest BCUT2D eigenvalue weighted by atomic mass is 32.1. The van der Waals surface area contributed by atoms with Crippen molar-refractivity contribution in [2.75, 3.05) is 19.0 Å². The monoisotopic (exact) mass is 394 g/mol. The highest BCUT2D eigenvalue weighted by Crippen LogP contribution is 2.28. The SMILES string of the molecule is COc1ccccc1CC1CCCN1C(=O)Nc1nc(-c2cccnc2)cs1. The average Bonchev–Trinajstić information content (AvgIpc) is 3.39. The van der Waals surface area contributed by atoms with Gasteiger partial charge in [-0.2, -0.15) is 0 Å². The largest absolute Gasteiger partial charge is 0.496 e. The Bertz CT molecular complexity index is 944. The summed E-state index contributed by atoms with van der Waals surface area (Å²) in [4.78, 5) is 23.4. The van der Waals surface area contributed by atoms with Crippen LogP contribution in [0.3, 0.4) is 0 Å². The lowest BCUT2D eigenvalue weighted by Crippen LogP contribution is -2.39. The van der Waals surface area contributed by atoms with Gasteiger partial charge in [-0.1, -0.05) is 18.2 Å². The fourth-order valence-corrected chi connectivity index (χ4v) is 4.29. The minimum absolute atomic E-state index is 0.0931. The number of amides is 2. The van der Waals surface area contributed by atoms with E-state index in [9.17, 15) is 4.79 Å². The molecule has 3 aromatic rings. The molecule has 1 unspecified atom stereocenters. The van der Waals surface area contributed by atoms with Gasteiger partial charge in [0.1, 0.15) is 5.75 Å². The summed E-state index contributed by atoms with van der Waals surface area (Å²) in [6.45, 7) is 0.756. The number of ether oxygens (including phenoxy) is 1. The minimum Gasteiger partial charge on any atom is -0.496 e. The van der Waals surface area contributed by atoms with Gasteiger partial charge in [0.05, 0.1) is 12.8 Å². The first-order chi connectivity index (χ1) is 13.7. The maximum Gasteiger partial charge on any atom is 0.323 e. The Morgan fingerprint density at radius 3 is 3.04 bits per heavy atom. The smallest absolute Gasteiger partial charge is 0.323 e. The van der Waals surface area contributed by atoms with Crippen molar-refractivity contribution >= 4 is 22.5 Å². The molecule has 1 aliphatic heterocycles. The summed E-state index contributed by atoms with van der Waals surface area (Å²) < 4.78 is 5.46. The van der Waals surface area contributed by atoms with Gasteiger partial charge in [0, 0.05) is 35.9 Å². The molecule has 2 aromatic heterocycles. The van der Waals surface area contributed by atoms with E-state index in [1.54, 1.807) is 19.5 Å². The first kappa shape index (κ1) is 18.4. The van der Waals surface area contributed by atoms with Crippen molar-refractivity contribution in [3.63, 3.8) is 0 Å². The zero-order valence-electron chi connectivity index (χ0n) is 15.7. The van der Waals surface area contributed by atoms with Crippen LogP contribution in [0.5, 0.6) is 5.75 Å². The van der Waals surface area contributed by atoms with E-state index in [-0.39, 0.29) is 12.1 Å². The van der Waals surface area contributed by atoms with Crippen LogP contribution < -0.4 is 10.1 Å². The van der Waals surface area contributed by atoms with Crippen LogP contribution in [-0.4, -0.2) is 40.6 Å². The molecular weight excluding hydrogens is 372 g/mol. The number of carbonyl (C=O) groups excluding carboxylic acids is 1. The number of pyridine rings is 1. The van der Waals surface area contributed by atoms with Gasteiger partial charge in [0.25, 0.3) is 0 Å². The molecule has 28 heavy (non-hydrogen) atoms. The van der Waals surface area contributed by atoms with Crippen molar-refractivity contribution in [2.24, 2.45) is 0 Å². The molecule has 0 saturated carbocycles. The van der Waals surface area contributed by atoms with Gasteiger partial charge >= 0.3 is 6.03 Å². The van der Waals surface area contributed by atoms with Gasteiger partial charge in [-0.05, 0) is 43.0 Å². The van der Waals surface area contributed by atoms with E-state index < -0.39 is 0 Å². The number of hydrogen-bond donors (Lipinski definition) is 1. The maximum atomic E-state index is 12.9. The number of likely N-dealkylation sites (tertiary alicyclic amines) is 1. The number of rotatable bonds is 5. The third-order valence-electron chi connectivity index (χ3n) is 4.96. The number of urea groups is 1. The predicted octanol–water partition coefficient (Wildman–Crippen LogP) is 4.45. The summed E-state index contributed by atoms with van der Waals surface area (Å²) in [6.07, 6.45) is 6.28. The molecule has 7 heteroatoms. The van der Waals surface area contributed by atoms with E-state index in [1.165, 1.54) is 11.3 Å². The summed E-state index contributed by atoms with van der Waals surface area (Å²) in [5.41, 5.74) is 2.89. The van der Waals surface area contributed by atoms with E-state index >= 15 is 0 Å². The van der Waals surface area contributed by atoms with Gasteiger partial charge in [-0.3, -0.25) is 10.3 Å². The van der Waals surface area contributed by atoms with Crippen LogP contribution in [0.1, 0.15) is 18.4 Å². The molecule has 4 rings (SSSR count). The van der Waals surface area contributed by atoms with Crippen LogP contribution in [-0.2, 0) is 6.42 Å². The van der Waals surface area contributed by atoms with Crippen molar-refractivity contribution in [3.8, 4) is 17.0 Å². The second kappa shape index (κ2) is 8.39. The number of methoxy groups -OCH3 is 1. The van der Waals surface area contributed by atoms with E-state index in [4.69, 9.17) is 4.74 Å². The summed E-state index contributed by atoms with van der Waals surface area (Å²) >= 11 is 1.43. The number of aromatic nitrogens is 2. The normalized spacial score (nSPS) is 16.2. The second-order valence-corrected chi connectivity index (χ2v) is 7.57. The molecule has 1 saturated heterocycles. The molecular formula is C21H22N4O2S. The molecule has 2 amide bonds. The fraction of sp³-hybridized carbons (Fsp3) is 0.286. The van der Waals surface area contributed by atoms with Gasteiger partial charge in [0.15, 0.2) is 5.13 Å². The van der Waals surface area contributed by atoms with Crippen molar-refractivity contribution in [1.82, 2.24) is 14.9 Å². The van der Waals surface area contributed by atoms with E-state index in [0.717, 1.165) is 48.4 Å². The number of para-hydroxylation sites is 1. The van der Waals surface area contributed by atoms with Crippen LogP contribution in [0.4, 0.5) is 9.93 Å². The number of thiazole rings is 1. The fourth-order valence-electron chi connectivity index (χ4n) is 3.58. The van der Waals surface area contributed by atoms with Crippen LogP contribution in [0.25, 0.3) is 11.3 Å². The van der Waals surface area contributed by atoms with Crippen LogP contribution in [0, 0.1) is 0 Å². The second-order valence-electron chi connectivity index (χ2n) is 6.72. The maximum absolute atomic E-state index is 12.9. The van der Waals surface area contributed by atoms with E-state index in [0.29, 0.717) is 5.13 Å². The van der Waals surface area contributed by atoms with Crippen molar-refractivity contribution in [1.29, 1.82) is 0 Å². The number of benzene rings is 1. The van der Waals surface area contributed by atoms with Crippen molar-refractivity contribution in [2.45, 2.75) is 25.3 Å². The Kier molecular flexibility index (Phi) is 5.53. The molecule has 3 heterocycles. The van der Waals surface area contributed by atoms with Gasteiger partial charge < -0.3 is 9.64 Å². The zero-order valence-corrected chi connectivity index (χ0v) is 16.5. The molecule has 1 atom stereocenters. The molecule has 0 spiro atoms. The molecule has 1 aromatic carbocycles. The Balaban J connectivity index is 1.43. The summed E-state index contributed by atoms with van der Waals surface area (Å²) in [7, 11) is 1.68. The lowest BCUT2D eigenvalue weighted by atomic mass is 10.0. The van der Waals surface area contributed by atoms with E-state index in [2.05, 4.69) is 21.4 Å². The quantitative estimate of drug-likeness (QED) is 0.694. The van der Waals surface area contributed by atoms with Crippen LogP contribution >= 0.6 is 11.3 Å². The number of carbonyl (C=O) groups is 1. The van der Waals surface area contributed by atoms with Gasteiger partial charge in [-0.15, -0.1) is 11.3 Å². The zero-order chi connectivity index (χ0) is 19.3. The topological polar surface area (TPSA) is 67.3 Å². The van der Waals surface area contributed by atoms with Crippen molar-refractivity contribution in [3.05, 3.63) is 59.7 Å². The molecule has 0 radical (unpaired) electrons. The Labute approximate surface area is 168 Å². The molecule has 1 fully saturated rings.